The van der Waals surface area contributed by atoms with E-state index in [1.54, 1.807) is 24.5 Å². The van der Waals surface area contributed by atoms with Gasteiger partial charge in [0, 0.05) is 24.1 Å². The largest absolute Gasteiger partial charge is 0.507 e. The number of pyridine rings is 1. The van der Waals surface area contributed by atoms with Gasteiger partial charge in [0.15, 0.2) is 0 Å². The Bertz CT molecular complexity index is 816. The van der Waals surface area contributed by atoms with Gasteiger partial charge in [-0.05, 0) is 48.2 Å². The van der Waals surface area contributed by atoms with Gasteiger partial charge in [-0.1, -0.05) is 17.7 Å². The van der Waals surface area contributed by atoms with Crippen LogP contribution in [0.3, 0.4) is 0 Å². The lowest BCUT2D eigenvalue weighted by atomic mass is 10.0. The maximum absolute atomic E-state index is 10.2. The molecule has 0 radical (unpaired) electrons. The van der Waals surface area contributed by atoms with Gasteiger partial charge in [-0.2, -0.15) is 0 Å². The molecule has 24 heavy (non-hydrogen) atoms. The van der Waals surface area contributed by atoms with Crippen LogP contribution < -0.4 is 5.32 Å². The van der Waals surface area contributed by atoms with E-state index in [2.05, 4.69) is 21.7 Å². The molecule has 0 aliphatic rings. The fraction of sp³-hybridized carbons (Fsp3) is 0.211. The average Bonchev–Trinajstić information content (AvgIpc) is 3.12. The number of phenols is 1. The molecule has 0 amide bonds. The molecule has 0 saturated carbocycles. The predicted octanol–water partition coefficient (Wildman–Crippen LogP) is 4.55. The third-order valence-electron chi connectivity index (χ3n) is 3.67. The van der Waals surface area contributed by atoms with Gasteiger partial charge in [-0.3, -0.25) is 0 Å². The van der Waals surface area contributed by atoms with Gasteiger partial charge in [-0.25, -0.2) is 4.98 Å². The van der Waals surface area contributed by atoms with Gasteiger partial charge in [0.2, 0.25) is 0 Å². The molecule has 5 heteroatoms. The van der Waals surface area contributed by atoms with Crippen molar-refractivity contribution in [1.82, 2.24) is 4.98 Å². The first-order valence-corrected chi connectivity index (χ1v) is 8.64. The van der Waals surface area contributed by atoms with Gasteiger partial charge in [0.25, 0.3) is 0 Å². The summed E-state index contributed by atoms with van der Waals surface area (Å²) in [6.07, 6.45) is 0. The lowest BCUT2D eigenvalue weighted by Crippen LogP contribution is -2.09. The Morgan fingerprint density at radius 2 is 2.08 bits per heavy atom. The number of hydrogen-bond donors (Lipinski definition) is 2. The van der Waals surface area contributed by atoms with E-state index in [0.29, 0.717) is 13.2 Å². The molecule has 0 saturated heterocycles. The normalized spacial score (nSPS) is 10.8. The number of hydrogen-bond acceptors (Lipinski definition) is 5. The summed E-state index contributed by atoms with van der Waals surface area (Å²) in [6, 6.07) is 13.7. The second-order valence-corrected chi connectivity index (χ2v) is 6.49. The zero-order chi connectivity index (χ0) is 16.9. The van der Waals surface area contributed by atoms with Crippen molar-refractivity contribution in [3.63, 3.8) is 0 Å². The van der Waals surface area contributed by atoms with Crippen molar-refractivity contribution >= 4 is 17.2 Å². The molecule has 2 N–H and O–H groups in total. The van der Waals surface area contributed by atoms with Crippen LogP contribution >= 0.6 is 11.3 Å². The second-order valence-electron chi connectivity index (χ2n) is 5.54. The molecular weight excluding hydrogens is 320 g/mol. The number of aromatic nitrogens is 1. The van der Waals surface area contributed by atoms with Crippen molar-refractivity contribution in [2.75, 3.05) is 25.6 Å². The summed E-state index contributed by atoms with van der Waals surface area (Å²) in [5.41, 5.74) is 3.65. The quantitative estimate of drug-likeness (QED) is 0.646. The van der Waals surface area contributed by atoms with Crippen LogP contribution in [0.25, 0.3) is 21.7 Å². The van der Waals surface area contributed by atoms with Crippen molar-refractivity contribution in [3.05, 3.63) is 53.4 Å². The zero-order valence-corrected chi connectivity index (χ0v) is 14.6. The summed E-state index contributed by atoms with van der Waals surface area (Å²) in [5, 5.41) is 15.6. The van der Waals surface area contributed by atoms with Crippen molar-refractivity contribution < 1.29 is 9.84 Å². The number of rotatable bonds is 6. The van der Waals surface area contributed by atoms with Crippen LogP contribution in [0.1, 0.15) is 5.56 Å². The maximum atomic E-state index is 10.2. The first-order valence-electron chi connectivity index (χ1n) is 7.76. The fourth-order valence-corrected chi connectivity index (χ4v) is 3.20. The molecular formula is C19H20N2O2S. The number of aryl methyl sites for hydroxylation is 1. The minimum Gasteiger partial charge on any atom is -0.507 e. The maximum Gasteiger partial charge on any atom is 0.127 e. The van der Waals surface area contributed by atoms with E-state index in [1.807, 2.05) is 37.3 Å². The standard InChI is InChI=1S/C19H20N2O2S/c1-13-5-6-17(22)15(10-13)16-11-14(18-4-3-9-24-18)12-19(21-16)20-7-8-23-2/h3-6,9-12,22H,7-8H2,1-2H3,(H,20,21). The fourth-order valence-electron chi connectivity index (χ4n) is 2.48. The highest BCUT2D eigenvalue weighted by Crippen LogP contribution is 2.34. The topological polar surface area (TPSA) is 54.4 Å². The molecule has 0 fully saturated rings. The van der Waals surface area contributed by atoms with Gasteiger partial charge in [0.05, 0.1) is 12.3 Å². The SMILES string of the molecule is COCCNc1cc(-c2cccs2)cc(-c2cc(C)ccc2O)n1. The van der Waals surface area contributed by atoms with E-state index >= 15 is 0 Å². The molecule has 1 aromatic carbocycles. The molecule has 0 aliphatic heterocycles. The van der Waals surface area contributed by atoms with E-state index < -0.39 is 0 Å². The summed E-state index contributed by atoms with van der Waals surface area (Å²) in [7, 11) is 1.67. The van der Waals surface area contributed by atoms with Crippen LogP contribution in [0.2, 0.25) is 0 Å². The van der Waals surface area contributed by atoms with Gasteiger partial charge in [-0.15, -0.1) is 11.3 Å². The Hall–Kier alpha value is -2.37. The summed E-state index contributed by atoms with van der Waals surface area (Å²) in [4.78, 5) is 5.83. The molecule has 3 aromatic rings. The second kappa shape index (κ2) is 7.47. The van der Waals surface area contributed by atoms with E-state index in [-0.39, 0.29) is 5.75 Å². The van der Waals surface area contributed by atoms with Gasteiger partial charge in [0.1, 0.15) is 11.6 Å². The number of methoxy groups -OCH3 is 1. The number of thiophene rings is 1. The lowest BCUT2D eigenvalue weighted by molar-refractivity contribution is 0.210. The summed E-state index contributed by atoms with van der Waals surface area (Å²) in [5.74, 6) is 1.01. The molecule has 0 spiro atoms. The van der Waals surface area contributed by atoms with Crippen LogP contribution in [0.5, 0.6) is 5.75 Å². The van der Waals surface area contributed by atoms with Crippen LogP contribution in [0.4, 0.5) is 5.82 Å². The highest BCUT2D eigenvalue weighted by molar-refractivity contribution is 7.13. The van der Waals surface area contributed by atoms with Gasteiger partial charge >= 0.3 is 0 Å². The van der Waals surface area contributed by atoms with E-state index in [0.717, 1.165) is 28.2 Å². The third kappa shape index (κ3) is 3.75. The molecule has 0 unspecified atom stereocenters. The highest BCUT2D eigenvalue weighted by atomic mass is 32.1. The number of aromatic hydroxyl groups is 1. The van der Waals surface area contributed by atoms with E-state index in [4.69, 9.17) is 4.74 Å². The summed E-state index contributed by atoms with van der Waals surface area (Å²) in [6.45, 7) is 3.29. The molecule has 2 aromatic heterocycles. The monoisotopic (exact) mass is 340 g/mol. The first kappa shape index (κ1) is 16.5. The highest BCUT2D eigenvalue weighted by Gasteiger charge is 2.11. The molecule has 124 valence electrons. The number of anilines is 1. The number of ether oxygens (including phenoxy) is 1. The molecule has 4 nitrogen and oxygen atoms in total. The Kier molecular flexibility index (Phi) is 5.13. The van der Waals surface area contributed by atoms with E-state index in [9.17, 15) is 5.11 Å². The number of phenolic OH excluding ortho intramolecular Hbond substituents is 1. The lowest BCUT2D eigenvalue weighted by Gasteiger charge is -2.12. The zero-order valence-electron chi connectivity index (χ0n) is 13.7. The van der Waals surface area contributed by atoms with Crippen LogP contribution in [-0.2, 0) is 4.74 Å². The molecule has 2 heterocycles. The van der Waals surface area contributed by atoms with Crippen molar-refractivity contribution in [2.45, 2.75) is 6.92 Å². The Balaban J connectivity index is 2.05. The Morgan fingerprint density at radius 1 is 1.21 bits per heavy atom. The smallest absolute Gasteiger partial charge is 0.127 e. The van der Waals surface area contributed by atoms with Crippen LogP contribution in [-0.4, -0.2) is 30.4 Å². The number of nitrogens with one attached hydrogen (secondary N) is 1. The first-order chi connectivity index (χ1) is 11.7. The predicted molar refractivity (Wildman–Crippen MR) is 99.8 cm³/mol. The number of nitrogens with zero attached hydrogens (tertiary/aromatic N) is 1. The molecule has 3 rings (SSSR count). The molecule has 0 bridgehead atoms. The summed E-state index contributed by atoms with van der Waals surface area (Å²) < 4.78 is 5.09. The van der Waals surface area contributed by atoms with Crippen LogP contribution in [0.15, 0.2) is 47.8 Å². The van der Waals surface area contributed by atoms with Crippen molar-refractivity contribution in [1.29, 1.82) is 0 Å². The Morgan fingerprint density at radius 3 is 2.83 bits per heavy atom. The minimum atomic E-state index is 0.235. The number of benzene rings is 1. The molecule has 0 atom stereocenters. The van der Waals surface area contributed by atoms with Crippen molar-refractivity contribution in [3.8, 4) is 27.4 Å². The minimum absolute atomic E-state index is 0.235. The Labute approximate surface area is 145 Å². The third-order valence-corrected chi connectivity index (χ3v) is 4.59. The van der Waals surface area contributed by atoms with E-state index in [1.165, 1.54) is 4.88 Å². The van der Waals surface area contributed by atoms with Crippen LogP contribution in [0, 0.1) is 6.92 Å². The summed E-state index contributed by atoms with van der Waals surface area (Å²) >= 11 is 1.68. The van der Waals surface area contributed by atoms with Gasteiger partial charge < -0.3 is 15.2 Å². The average molecular weight is 340 g/mol. The molecule has 0 aliphatic carbocycles. The van der Waals surface area contributed by atoms with Crippen molar-refractivity contribution in [2.24, 2.45) is 0 Å².